The Balaban J connectivity index is 1.71. The summed E-state index contributed by atoms with van der Waals surface area (Å²) in [6.45, 7) is 6.91. The third-order valence-corrected chi connectivity index (χ3v) is 5.95. The Morgan fingerprint density at radius 1 is 1.14 bits per heavy atom. The second kappa shape index (κ2) is 9.11. The highest BCUT2D eigenvalue weighted by Gasteiger charge is 2.23. The van der Waals surface area contributed by atoms with E-state index in [4.69, 9.17) is 23.2 Å². The second-order valence-corrected chi connectivity index (χ2v) is 7.84. The SMILES string of the molecule is CCCCCCCN1CCN(C(=O)c2cc(Cl)c(Cl)s2)CC1. The summed E-state index contributed by atoms with van der Waals surface area (Å²) in [7, 11) is 0. The molecular weight excluding hydrogens is 339 g/mol. The molecule has 1 aromatic rings. The average molecular weight is 363 g/mol. The van der Waals surface area contributed by atoms with Crippen LogP contribution in [0.4, 0.5) is 0 Å². The minimum atomic E-state index is 0.0568. The summed E-state index contributed by atoms with van der Waals surface area (Å²) >= 11 is 13.1. The average Bonchev–Trinajstić information content (AvgIpc) is 2.86. The second-order valence-electron chi connectivity index (χ2n) is 5.78. The van der Waals surface area contributed by atoms with E-state index >= 15 is 0 Å². The van der Waals surface area contributed by atoms with Gasteiger partial charge < -0.3 is 4.90 Å². The van der Waals surface area contributed by atoms with E-state index in [-0.39, 0.29) is 5.91 Å². The first-order valence-corrected chi connectivity index (χ1v) is 9.65. The predicted octanol–water partition coefficient (Wildman–Crippen LogP) is 4.78. The number of hydrogen-bond donors (Lipinski definition) is 0. The summed E-state index contributed by atoms with van der Waals surface area (Å²) in [5, 5.41) is 0.473. The summed E-state index contributed by atoms with van der Waals surface area (Å²) < 4.78 is 0.496. The normalized spacial score (nSPS) is 16.2. The molecule has 1 saturated heterocycles. The first kappa shape index (κ1) is 18.1. The number of piperazine rings is 1. The van der Waals surface area contributed by atoms with Crippen molar-refractivity contribution < 1.29 is 4.79 Å². The van der Waals surface area contributed by atoms with Crippen molar-refractivity contribution >= 4 is 40.4 Å². The van der Waals surface area contributed by atoms with Crippen molar-refractivity contribution in [2.75, 3.05) is 32.7 Å². The van der Waals surface area contributed by atoms with Crippen molar-refractivity contribution in [1.82, 2.24) is 9.80 Å². The molecule has 0 unspecified atom stereocenters. The summed E-state index contributed by atoms with van der Waals surface area (Å²) in [5.41, 5.74) is 0. The van der Waals surface area contributed by atoms with Crippen LogP contribution in [0.15, 0.2) is 6.07 Å². The maximum atomic E-state index is 12.4. The summed E-state index contributed by atoms with van der Waals surface area (Å²) in [6.07, 6.45) is 6.56. The number of thiophene rings is 1. The third-order valence-electron chi connectivity index (χ3n) is 4.09. The standard InChI is InChI=1S/C16H24Cl2N2OS/c1-2-3-4-5-6-7-19-8-10-20(11-9-19)16(21)14-12-13(17)15(18)22-14/h12H,2-11H2,1H3. The molecule has 1 aliphatic heterocycles. The van der Waals surface area contributed by atoms with E-state index < -0.39 is 0 Å². The van der Waals surface area contributed by atoms with Gasteiger partial charge in [-0.3, -0.25) is 9.69 Å². The van der Waals surface area contributed by atoms with Crippen molar-refractivity contribution in [2.45, 2.75) is 39.0 Å². The van der Waals surface area contributed by atoms with Crippen LogP contribution in [0.25, 0.3) is 0 Å². The van der Waals surface area contributed by atoms with Gasteiger partial charge in [0, 0.05) is 26.2 Å². The quantitative estimate of drug-likeness (QED) is 0.651. The zero-order valence-corrected chi connectivity index (χ0v) is 15.4. The molecule has 1 aliphatic rings. The van der Waals surface area contributed by atoms with Crippen molar-refractivity contribution in [3.05, 3.63) is 20.3 Å². The van der Waals surface area contributed by atoms with Gasteiger partial charge in [0.15, 0.2) is 0 Å². The summed E-state index contributed by atoms with van der Waals surface area (Å²) in [4.78, 5) is 17.4. The highest BCUT2D eigenvalue weighted by Crippen LogP contribution is 2.32. The van der Waals surface area contributed by atoms with Gasteiger partial charge in [0.05, 0.1) is 9.90 Å². The predicted molar refractivity (Wildman–Crippen MR) is 95.4 cm³/mol. The highest BCUT2D eigenvalue weighted by atomic mass is 35.5. The molecule has 0 bridgehead atoms. The van der Waals surface area contributed by atoms with Crippen LogP contribution in [0, 0.1) is 0 Å². The summed E-state index contributed by atoms with van der Waals surface area (Å²) in [6, 6.07) is 1.68. The van der Waals surface area contributed by atoms with Gasteiger partial charge in [-0.1, -0.05) is 55.8 Å². The molecule has 124 valence electrons. The van der Waals surface area contributed by atoms with Gasteiger partial charge in [0.2, 0.25) is 0 Å². The molecule has 0 spiro atoms. The number of nitrogens with zero attached hydrogens (tertiary/aromatic N) is 2. The molecule has 22 heavy (non-hydrogen) atoms. The zero-order chi connectivity index (χ0) is 15.9. The van der Waals surface area contributed by atoms with E-state index in [0.717, 1.165) is 32.7 Å². The molecule has 3 nitrogen and oxygen atoms in total. The van der Waals surface area contributed by atoms with E-state index in [1.807, 2.05) is 4.90 Å². The number of halogens is 2. The van der Waals surface area contributed by atoms with Crippen molar-refractivity contribution in [3.8, 4) is 0 Å². The molecule has 0 radical (unpaired) electrons. The van der Waals surface area contributed by atoms with E-state index in [1.54, 1.807) is 6.07 Å². The molecule has 2 heterocycles. The molecule has 0 N–H and O–H groups in total. The lowest BCUT2D eigenvalue weighted by molar-refractivity contribution is 0.0640. The Morgan fingerprint density at radius 3 is 2.41 bits per heavy atom. The van der Waals surface area contributed by atoms with Crippen molar-refractivity contribution in [3.63, 3.8) is 0 Å². The Hall–Kier alpha value is -0.290. The maximum Gasteiger partial charge on any atom is 0.264 e. The lowest BCUT2D eigenvalue weighted by atomic mass is 10.1. The molecule has 0 aromatic carbocycles. The Kier molecular flexibility index (Phi) is 7.48. The van der Waals surface area contributed by atoms with Gasteiger partial charge in [0.25, 0.3) is 5.91 Å². The lowest BCUT2D eigenvalue weighted by Crippen LogP contribution is -2.48. The number of rotatable bonds is 7. The molecule has 0 saturated carbocycles. The number of carbonyl (C=O) groups is 1. The maximum absolute atomic E-state index is 12.4. The number of amides is 1. The first-order chi connectivity index (χ1) is 10.6. The van der Waals surface area contributed by atoms with Gasteiger partial charge in [-0.2, -0.15) is 0 Å². The molecule has 1 aromatic heterocycles. The van der Waals surface area contributed by atoms with E-state index in [9.17, 15) is 4.79 Å². The van der Waals surface area contributed by atoms with Crippen molar-refractivity contribution in [2.24, 2.45) is 0 Å². The largest absolute Gasteiger partial charge is 0.335 e. The van der Waals surface area contributed by atoms with Crippen LogP contribution in [-0.2, 0) is 0 Å². The van der Waals surface area contributed by atoms with Crippen LogP contribution >= 0.6 is 34.5 Å². The molecule has 6 heteroatoms. The van der Waals surface area contributed by atoms with Gasteiger partial charge in [-0.25, -0.2) is 0 Å². The molecule has 1 amide bonds. The molecule has 2 rings (SSSR count). The minimum absolute atomic E-state index is 0.0568. The first-order valence-electron chi connectivity index (χ1n) is 8.08. The Morgan fingerprint density at radius 2 is 1.82 bits per heavy atom. The Labute approximate surface area is 147 Å². The van der Waals surface area contributed by atoms with Crippen LogP contribution in [0.3, 0.4) is 0 Å². The third kappa shape index (κ3) is 5.12. The highest BCUT2D eigenvalue weighted by molar-refractivity contribution is 7.18. The summed E-state index contributed by atoms with van der Waals surface area (Å²) in [5.74, 6) is 0.0568. The fourth-order valence-electron chi connectivity index (χ4n) is 2.72. The lowest BCUT2D eigenvalue weighted by Gasteiger charge is -2.34. The zero-order valence-electron chi connectivity index (χ0n) is 13.1. The van der Waals surface area contributed by atoms with Crippen LogP contribution in [0.1, 0.15) is 48.7 Å². The topological polar surface area (TPSA) is 23.6 Å². The fourth-order valence-corrected chi connectivity index (χ4v) is 4.06. The fraction of sp³-hybridized carbons (Fsp3) is 0.688. The van der Waals surface area contributed by atoms with E-state index in [2.05, 4.69) is 11.8 Å². The van der Waals surface area contributed by atoms with Gasteiger partial charge >= 0.3 is 0 Å². The van der Waals surface area contributed by atoms with Crippen LogP contribution in [0.2, 0.25) is 9.36 Å². The smallest absolute Gasteiger partial charge is 0.264 e. The van der Waals surface area contributed by atoms with Gasteiger partial charge in [-0.05, 0) is 19.0 Å². The number of unbranched alkanes of at least 4 members (excludes halogenated alkanes) is 4. The minimum Gasteiger partial charge on any atom is -0.335 e. The van der Waals surface area contributed by atoms with Crippen molar-refractivity contribution in [1.29, 1.82) is 0 Å². The number of hydrogen-bond acceptors (Lipinski definition) is 3. The van der Waals surface area contributed by atoms with E-state index in [1.165, 1.54) is 43.4 Å². The monoisotopic (exact) mass is 362 g/mol. The van der Waals surface area contributed by atoms with E-state index in [0.29, 0.717) is 14.2 Å². The van der Waals surface area contributed by atoms with Gasteiger partial charge in [-0.15, -0.1) is 11.3 Å². The molecular formula is C16H24Cl2N2OS. The Bertz CT molecular complexity index is 465. The van der Waals surface area contributed by atoms with Gasteiger partial charge in [0.1, 0.15) is 4.34 Å². The number of carbonyl (C=O) groups excluding carboxylic acids is 1. The molecule has 0 aliphatic carbocycles. The molecule has 0 atom stereocenters. The van der Waals surface area contributed by atoms with Crippen LogP contribution in [-0.4, -0.2) is 48.4 Å². The molecule has 1 fully saturated rings. The van der Waals surface area contributed by atoms with Crippen LogP contribution in [0.5, 0.6) is 0 Å². The van der Waals surface area contributed by atoms with Crippen LogP contribution < -0.4 is 0 Å².